The minimum atomic E-state index is -0.443. The largest absolute Gasteiger partial charge is 0.379 e. The Kier molecular flexibility index (Phi) is 4.23. The second-order valence-corrected chi connectivity index (χ2v) is 5.66. The molecule has 4 heteroatoms. The molecule has 1 amide bonds. The van der Waals surface area contributed by atoms with Crippen LogP contribution >= 0.6 is 0 Å². The summed E-state index contributed by atoms with van der Waals surface area (Å²) in [7, 11) is 0. The van der Waals surface area contributed by atoms with Gasteiger partial charge in [-0.15, -0.1) is 0 Å². The number of amides is 1. The quantitative estimate of drug-likeness (QED) is 0.612. The number of anilines is 1. The molecule has 1 aliphatic heterocycles. The summed E-state index contributed by atoms with van der Waals surface area (Å²) in [5.41, 5.74) is 3.35. The smallest absolute Gasteiger partial charge is 0.299 e. The van der Waals surface area contributed by atoms with E-state index in [9.17, 15) is 9.59 Å². The van der Waals surface area contributed by atoms with Gasteiger partial charge in [-0.05, 0) is 37.0 Å². The molecule has 0 saturated heterocycles. The van der Waals surface area contributed by atoms with Crippen LogP contribution in [0.5, 0.6) is 0 Å². The van der Waals surface area contributed by atoms with E-state index in [1.165, 1.54) is 0 Å². The Bertz CT molecular complexity index is 549. The summed E-state index contributed by atoms with van der Waals surface area (Å²) in [4.78, 5) is 25.6. The molecule has 108 valence electrons. The highest BCUT2D eigenvalue weighted by Gasteiger charge is 2.36. The molecule has 1 heterocycles. The van der Waals surface area contributed by atoms with Gasteiger partial charge in [0, 0.05) is 13.2 Å². The van der Waals surface area contributed by atoms with Gasteiger partial charge in [0.05, 0.1) is 17.9 Å². The maximum atomic E-state index is 12.1. The summed E-state index contributed by atoms with van der Waals surface area (Å²) in [6, 6.07) is 3.63. The van der Waals surface area contributed by atoms with E-state index in [4.69, 9.17) is 4.74 Å². The number of ketones is 1. The molecule has 0 radical (unpaired) electrons. The number of hydrogen-bond acceptors (Lipinski definition) is 3. The number of ether oxygens (including phenoxy) is 1. The van der Waals surface area contributed by atoms with E-state index in [1.54, 1.807) is 11.0 Å². The van der Waals surface area contributed by atoms with Gasteiger partial charge in [-0.1, -0.05) is 19.9 Å². The number of nitrogens with zero attached hydrogens (tertiary/aromatic N) is 1. The number of carbonyl (C=O) groups is 2. The molecular formula is C16H21NO3. The van der Waals surface area contributed by atoms with Crippen molar-refractivity contribution in [3.8, 4) is 0 Å². The third-order valence-electron chi connectivity index (χ3n) is 3.57. The van der Waals surface area contributed by atoms with Crippen LogP contribution in [0.4, 0.5) is 5.69 Å². The second kappa shape index (κ2) is 5.75. The first-order chi connectivity index (χ1) is 9.43. The number of hydrogen-bond donors (Lipinski definition) is 0. The van der Waals surface area contributed by atoms with Crippen LogP contribution in [0.1, 0.15) is 35.3 Å². The highest BCUT2D eigenvalue weighted by atomic mass is 16.5. The van der Waals surface area contributed by atoms with Gasteiger partial charge in [-0.2, -0.15) is 0 Å². The van der Waals surface area contributed by atoms with Gasteiger partial charge >= 0.3 is 0 Å². The topological polar surface area (TPSA) is 46.6 Å². The van der Waals surface area contributed by atoms with Gasteiger partial charge in [0.2, 0.25) is 0 Å². The number of rotatable bonds is 5. The van der Waals surface area contributed by atoms with Crippen molar-refractivity contribution in [2.45, 2.75) is 27.7 Å². The summed E-state index contributed by atoms with van der Waals surface area (Å²) in [5, 5.41) is 0. The first kappa shape index (κ1) is 14.7. The predicted molar refractivity (Wildman–Crippen MR) is 78.3 cm³/mol. The summed E-state index contributed by atoms with van der Waals surface area (Å²) in [6.45, 7) is 9.62. The minimum Gasteiger partial charge on any atom is -0.379 e. The lowest BCUT2D eigenvalue weighted by Crippen LogP contribution is -2.33. The Hall–Kier alpha value is -1.68. The molecule has 0 unspecified atom stereocenters. The molecule has 1 aromatic rings. The van der Waals surface area contributed by atoms with Crippen molar-refractivity contribution in [1.82, 2.24) is 0 Å². The Labute approximate surface area is 119 Å². The molecule has 0 aliphatic carbocycles. The average molecular weight is 275 g/mol. The molecule has 0 spiro atoms. The number of carbonyl (C=O) groups excluding carboxylic acids is 2. The highest BCUT2D eigenvalue weighted by Crippen LogP contribution is 2.33. The molecule has 0 atom stereocenters. The third-order valence-corrected chi connectivity index (χ3v) is 3.57. The Morgan fingerprint density at radius 3 is 2.55 bits per heavy atom. The van der Waals surface area contributed by atoms with E-state index >= 15 is 0 Å². The number of aryl methyl sites for hydroxylation is 1. The minimum absolute atomic E-state index is 0.410. The van der Waals surface area contributed by atoms with Gasteiger partial charge in [0.15, 0.2) is 0 Å². The Morgan fingerprint density at radius 1 is 1.20 bits per heavy atom. The van der Waals surface area contributed by atoms with Crippen molar-refractivity contribution >= 4 is 17.4 Å². The lowest BCUT2D eigenvalue weighted by atomic mass is 10.0. The average Bonchev–Trinajstić information content (AvgIpc) is 2.64. The number of benzene rings is 1. The molecule has 0 N–H and O–H groups in total. The van der Waals surface area contributed by atoms with E-state index in [0.717, 1.165) is 16.8 Å². The van der Waals surface area contributed by atoms with Crippen molar-refractivity contribution in [1.29, 1.82) is 0 Å². The molecule has 2 rings (SSSR count). The zero-order valence-corrected chi connectivity index (χ0v) is 12.5. The van der Waals surface area contributed by atoms with Gasteiger partial charge in [0.25, 0.3) is 11.7 Å². The summed E-state index contributed by atoms with van der Waals surface area (Å²) >= 11 is 0. The maximum Gasteiger partial charge on any atom is 0.299 e. The maximum absolute atomic E-state index is 12.1. The fourth-order valence-electron chi connectivity index (χ4n) is 2.36. The zero-order valence-electron chi connectivity index (χ0n) is 12.5. The first-order valence-electron chi connectivity index (χ1n) is 6.97. The summed E-state index contributed by atoms with van der Waals surface area (Å²) in [5.74, 6) is -0.393. The van der Waals surface area contributed by atoms with Gasteiger partial charge < -0.3 is 9.64 Å². The van der Waals surface area contributed by atoms with E-state index in [1.807, 2.05) is 19.9 Å². The SMILES string of the molecule is Cc1ccc2c(c1C)N(CCOCC(C)C)C(=O)C2=O. The van der Waals surface area contributed by atoms with E-state index in [0.29, 0.717) is 31.2 Å². The normalized spacial score (nSPS) is 14.3. The van der Waals surface area contributed by atoms with Crippen LogP contribution in [0.3, 0.4) is 0 Å². The van der Waals surface area contributed by atoms with Crippen molar-refractivity contribution in [3.63, 3.8) is 0 Å². The number of Topliss-reactive ketones (excluding diaryl/α,β-unsaturated/α-hetero) is 1. The molecule has 4 nitrogen and oxygen atoms in total. The molecule has 0 bridgehead atoms. The van der Waals surface area contributed by atoms with E-state index in [-0.39, 0.29) is 0 Å². The Morgan fingerprint density at radius 2 is 1.90 bits per heavy atom. The standard InChI is InChI=1S/C16H21NO3/c1-10(2)9-20-8-7-17-14-12(4)11(3)5-6-13(14)15(18)16(17)19/h5-6,10H,7-9H2,1-4H3. The van der Waals surface area contributed by atoms with Gasteiger partial charge in [-0.25, -0.2) is 0 Å². The highest BCUT2D eigenvalue weighted by molar-refractivity contribution is 6.52. The van der Waals surface area contributed by atoms with Crippen LogP contribution < -0.4 is 4.90 Å². The second-order valence-electron chi connectivity index (χ2n) is 5.66. The molecular weight excluding hydrogens is 254 g/mol. The molecule has 1 aliphatic rings. The predicted octanol–water partition coefficient (Wildman–Crippen LogP) is 2.51. The summed E-state index contributed by atoms with van der Waals surface area (Å²) in [6.07, 6.45) is 0. The van der Waals surface area contributed by atoms with Crippen LogP contribution in [-0.4, -0.2) is 31.4 Å². The summed E-state index contributed by atoms with van der Waals surface area (Å²) < 4.78 is 5.52. The fraction of sp³-hybridized carbons (Fsp3) is 0.500. The molecule has 0 aromatic heterocycles. The van der Waals surface area contributed by atoms with E-state index < -0.39 is 11.7 Å². The Balaban J connectivity index is 2.17. The van der Waals surface area contributed by atoms with Crippen molar-refractivity contribution in [2.75, 3.05) is 24.7 Å². The van der Waals surface area contributed by atoms with Crippen molar-refractivity contribution < 1.29 is 14.3 Å². The fourth-order valence-corrected chi connectivity index (χ4v) is 2.36. The van der Waals surface area contributed by atoms with Gasteiger partial charge in [0.1, 0.15) is 0 Å². The van der Waals surface area contributed by atoms with Crippen LogP contribution in [-0.2, 0) is 9.53 Å². The third kappa shape index (κ3) is 2.61. The molecule has 1 aromatic carbocycles. The number of fused-ring (bicyclic) bond motifs is 1. The lowest BCUT2D eigenvalue weighted by Gasteiger charge is -2.19. The first-order valence-corrected chi connectivity index (χ1v) is 6.97. The van der Waals surface area contributed by atoms with Crippen molar-refractivity contribution in [3.05, 3.63) is 28.8 Å². The van der Waals surface area contributed by atoms with Gasteiger partial charge in [-0.3, -0.25) is 9.59 Å². The van der Waals surface area contributed by atoms with Crippen LogP contribution in [0.2, 0.25) is 0 Å². The van der Waals surface area contributed by atoms with Crippen molar-refractivity contribution in [2.24, 2.45) is 5.92 Å². The lowest BCUT2D eigenvalue weighted by molar-refractivity contribution is -0.114. The molecule has 20 heavy (non-hydrogen) atoms. The van der Waals surface area contributed by atoms with Crippen LogP contribution in [0.15, 0.2) is 12.1 Å². The molecule has 0 saturated carbocycles. The monoisotopic (exact) mass is 275 g/mol. The molecule has 0 fully saturated rings. The van der Waals surface area contributed by atoms with E-state index in [2.05, 4.69) is 13.8 Å². The van der Waals surface area contributed by atoms with Crippen LogP contribution in [0.25, 0.3) is 0 Å². The zero-order chi connectivity index (χ0) is 14.9. The van der Waals surface area contributed by atoms with Crippen LogP contribution in [0, 0.1) is 19.8 Å².